The Bertz CT molecular complexity index is 1110. The fourth-order valence-electron chi connectivity index (χ4n) is 3.14. The topological polar surface area (TPSA) is 16.8 Å². The molecule has 35 heavy (non-hydrogen) atoms. The van der Waals surface area contributed by atoms with Crippen LogP contribution in [0.25, 0.3) is 21.8 Å². The molecule has 0 N–H and O–H groups in total. The Kier molecular flexibility index (Phi) is 19.1. The van der Waals surface area contributed by atoms with E-state index in [0.29, 0.717) is 0 Å². The molecule has 1 aliphatic carbocycles. The lowest BCUT2D eigenvalue weighted by Crippen LogP contribution is -3.00. The molecule has 2 nitrogen and oxygen atoms in total. The summed E-state index contributed by atoms with van der Waals surface area (Å²) >= 11 is 7.20. The second-order valence-electron chi connectivity index (χ2n) is 8.19. The minimum atomic E-state index is 0. The highest BCUT2D eigenvalue weighted by Gasteiger charge is 2.08. The van der Waals surface area contributed by atoms with Crippen molar-refractivity contribution < 1.29 is 28.5 Å². The first-order valence-corrected chi connectivity index (χ1v) is 16.6. The molecule has 0 radical (unpaired) electrons. The molecule has 4 aromatic rings. The van der Waals surface area contributed by atoms with Gasteiger partial charge in [0.05, 0.1) is 5.52 Å². The van der Waals surface area contributed by atoms with Crippen LogP contribution in [-0.2, 0) is 6.54 Å². The molecule has 1 aliphatic rings. The van der Waals surface area contributed by atoms with Crippen molar-refractivity contribution >= 4 is 89.6 Å². The SMILES string of the molecule is C1CC1.Cc1cc[n+](CCCI)c2ccccc12.Cc1ccnc2ccccc12.ICCCI.[I-]. The number of benzene rings is 2. The first-order valence-electron chi connectivity index (χ1n) is 12.0. The lowest BCUT2D eigenvalue weighted by atomic mass is 10.1. The molecule has 0 amide bonds. The predicted molar refractivity (Wildman–Crippen MR) is 175 cm³/mol. The molecule has 5 rings (SSSR count). The maximum Gasteiger partial charge on any atom is 0.212 e. The van der Waals surface area contributed by atoms with Crippen LogP contribution in [0.5, 0.6) is 0 Å². The van der Waals surface area contributed by atoms with Crippen LogP contribution < -0.4 is 28.5 Å². The molecule has 1 fully saturated rings. The van der Waals surface area contributed by atoms with Crippen LogP contribution in [0.2, 0.25) is 0 Å². The van der Waals surface area contributed by atoms with Gasteiger partial charge in [-0.25, -0.2) is 0 Å². The molecule has 2 aromatic heterocycles. The maximum atomic E-state index is 4.24. The lowest BCUT2D eigenvalue weighted by molar-refractivity contribution is -0.671. The van der Waals surface area contributed by atoms with Gasteiger partial charge in [-0.15, -0.1) is 0 Å². The van der Waals surface area contributed by atoms with E-state index in [0.717, 1.165) is 12.1 Å². The van der Waals surface area contributed by atoms with Crippen molar-refractivity contribution in [3.05, 3.63) is 84.2 Å². The summed E-state index contributed by atoms with van der Waals surface area (Å²) < 4.78 is 6.18. The zero-order valence-electron chi connectivity index (χ0n) is 20.7. The average molecular weight is 920 g/mol. The number of hydrogen-bond donors (Lipinski definition) is 0. The van der Waals surface area contributed by atoms with Gasteiger partial charge in [0.15, 0.2) is 6.20 Å². The van der Waals surface area contributed by atoms with Crippen molar-refractivity contribution in [1.29, 1.82) is 0 Å². The number of aryl methyl sites for hydroxylation is 3. The summed E-state index contributed by atoms with van der Waals surface area (Å²) in [5, 5.41) is 2.61. The van der Waals surface area contributed by atoms with Gasteiger partial charge in [0.1, 0.15) is 6.54 Å². The summed E-state index contributed by atoms with van der Waals surface area (Å²) in [5.74, 6) is 0. The van der Waals surface area contributed by atoms with E-state index in [9.17, 15) is 0 Å². The highest BCUT2D eigenvalue weighted by atomic mass is 127. The minimum absolute atomic E-state index is 0. The molecule has 0 bridgehead atoms. The van der Waals surface area contributed by atoms with Crippen LogP contribution in [0.15, 0.2) is 73.1 Å². The molecule has 190 valence electrons. The zero-order valence-corrected chi connectivity index (χ0v) is 29.3. The Morgan fingerprint density at radius 3 is 1.86 bits per heavy atom. The summed E-state index contributed by atoms with van der Waals surface area (Å²) in [7, 11) is 0. The number of pyridine rings is 2. The fourth-order valence-corrected chi connectivity index (χ4v) is 5.71. The number of fused-ring (bicyclic) bond motifs is 2. The third kappa shape index (κ3) is 13.0. The molecule has 1 saturated carbocycles. The average Bonchev–Trinajstić information content (AvgIpc) is 3.76. The van der Waals surface area contributed by atoms with Gasteiger partial charge in [-0.05, 0) is 49.6 Å². The molecule has 2 aromatic carbocycles. The van der Waals surface area contributed by atoms with Crippen molar-refractivity contribution in [2.75, 3.05) is 13.3 Å². The summed E-state index contributed by atoms with van der Waals surface area (Å²) in [5.41, 5.74) is 5.07. The number of aromatic nitrogens is 2. The first kappa shape index (κ1) is 33.2. The molecule has 0 atom stereocenters. The van der Waals surface area contributed by atoms with E-state index < -0.39 is 0 Å². The molecule has 0 spiro atoms. The van der Waals surface area contributed by atoms with Crippen molar-refractivity contribution in [2.24, 2.45) is 0 Å². The van der Waals surface area contributed by atoms with Gasteiger partial charge in [-0.3, -0.25) is 4.98 Å². The van der Waals surface area contributed by atoms with Gasteiger partial charge in [-0.1, -0.05) is 117 Å². The van der Waals surface area contributed by atoms with Crippen molar-refractivity contribution in [1.82, 2.24) is 4.98 Å². The quantitative estimate of drug-likeness (QED) is 0.132. The number of rotatable bonds is 5. The summed E-state index contributed by atoms with van der Waals surface area (Å²) in [6.07, 6.45) is 11.1. The predicted octanol–water partition coefficient (Wildman–Crippen LogP) is 6.22. The largest absolute Gasteiger partial charge is 1.00 e. The van der Waals surface area contributed by atoms with Crippen molar-refractivity contribution in [3.8, 4) is 0 Å². The van der Waals surface area contributed by atoms with Crippen LogP contribution in [0.4, 0.5) is 0 Å². The highest BCUT2D eigenvalue weighted by molar-refractivity contribution is 14.1. The second-order valence-corrected chi connectivity index (χ2v) is 11.4. The van der Waals surface area contributed by atoms with Gasteiger partial charge in [0, 0.05) is 48.8 Å². The van der Waals surface area contributed by atoms with E-state index >= 15 is 0 Å². The van der Waals surface area contributed by atoms with E-state index in [4.69, 9.17) is 0 Å². The Balaban J connectivity index is 0.000000267. The Morgan fingerprint density at radius 2 is 1.29 bits per heavy atom. The van der Waals surface area contributed by atoms with Crippen LogP contribution in [0, 0.1) is 13.8 Å². The third-order valence-electron chi connectivity index (χ3n) is 5.16. The Labute approximate surface area is 269 Å². The Hall–Kier alpha value is 0.180. The number of halogens is 4. The molecular weight excluding hydrogens is 884 g/mol. The molecule has 0 unspecified atom stereocenters. The first-order chi connectivity index (χ1) is 16.6. The van der Waals surface area contributed by atoms with Gasteiger partial charge in [0.2, 0.25) is 5.52 Å². The van der Waals surface area contributed by atoms with E-state index in [-0.39, 0.29) is 24.0 Å². The fraction of sp³-hybridized carbons (Fsp3) is 0.379. The molecule has 2 heterocycles. The Morgan fingerprint density at radius 1 is 0.714 bits per heavy atom. The van der Waals surface area contributed by atoms with Crippen molar-refractivity contribution in [3.63, 3.8) is 0 Å². The van der Waals surface area contributed by atoms with Gasteiger partial charge in [0.25, 0.3) is 0 Å². The molecule has 0 saturated heterocycles. The molecular formula is C29H36I4N2. The smallest absolute Gasteiger partial charge is 0.212 e. The monoisotopic (exact) mass is 920 g/mol. The van der Waals surface area contributed by atoms with Crippen molar-refractivity contribution in [2.45, 2.75) is 52.5 Å². The number of hydrogen-bond acceptors (Lipinski definition) is 1. The molecule has 6 heteroatoms. The highest BCUT2D eigenvalue weighted by Crippen LogP contribution is 2.15. The zero-order chi connectivity index (χ0) is 24.6. The van der Waals surface area contributed by atoms with E-state index in [2.05, 4.69) is 134 Å². The summed E-state index contributed by atoms with van der Waals surface area (Å²) in [6, 6.07) is 21.0. The maximum absolute atomic E-state index is 4.24. The third-order valence-corrected chi connectivity index (χ3v) is 7.45. The molecule has 0 aliphatic heterocycles. The number of para-hydroxylation sites is 2. The standard InChI is InChI=1S/C13H15IN.C10H9N.C3H6I2.C3H6.HI/c1-11-7-10-15(9-4-8-14)13-6-3-2-5-12(11)13;1-8-6-7-11-10-5-3-2-4-9(8)10;4-2-1-3-5;1-2-3-1;/h2-3,5-7,10H,4,8-9H2,1H3;2-7H,1H3;1-3H2;1-3H2;1H/q+1;;;;/p-1. The van der Waals surface area contributed by atoms with Crippen LogP contribution >= 0.6 is 67.8 Å². The van der Waals surface area contributed by atoms with Crippen LogP contribution in [0.1, 0.15) is 43.2 Å². The van der Waals surface area contributed by atoms with Crippen LogP contribution in [-0.4, -0.2) is 18.3 Å². The second kappa shape index (κ2) is 20.2. The summed E-state index contributed by atoms with van der Waals surface area (Å²) in [6.45, 7) is 5.39. The van der Waals surface area contributed by atoms with E-state index in [1.54, 1.807) is 0 Å². The van der Waals surface area contributed by atoms with Gasteiger partial charge >= 0.3 is 0 Å². The lowest BCUT2D eigenvalue weighted by Gasteiger charge is -2.02. The number of nitrogens with zero attached hydrogens (tertiary/aromatic N) is 2. The van der Waals surface area contributed by atoms with Gasteiger partial charge < -0.3 is 24.0 Å². The summed E-state index contributed by atoms with van der Waals surface area (Å²) in [4.78, 5) is 4.24. The normalized spacial score (nSPS) is 11.1. The van der Waals surface area contributed by atoms with Gasteiger partial charge in [-0.2, -0.15) is 4.57 Å². The number of alkyl halides is 3. The van der Waals surface area contributed by atoms with E-state index in [1.807, 2.05) is 30.5 Å². The van der Waals surface area contributed by atoms with Crippen LogP contribution in [0.3, 0.4) is 0 Å². The van der Waals surface area contributed by atoms with E-state index in [1.165, 1.54) is 72.8 Å². The minimum Gasteiger partial charge on any atom is -1.00 e.